The molecule has 88 heavy (non-hydrogen) atoms. The number of rotatable bonds is 68. The van der Waals surface area contributed by atoms with E-state index < -0.39 is 97.5 Å². The van der Waals surface area contributed by atoms with Gasteiger partial charge in [-0.3, -0.25) is 37.3 Å². The molecule has 0 spiro atoms. The summed E-state index contributed by atoms with van der Waals surface area (Å²) < 4.78 is 68.2. The molecule has 0 saturated heterocycles. The van der Waals surface area contributed by atoms with Gasteiger partial charge < -0.3 is 33.8 Å². The fourth-order valence-corrected chi connectivity index (χ4v) is 12.0. The Labute approximate surface area is 537 Å². The molecule has 0 aromatic heterocycles. The highest BCUT2D eigenvalue weighted by Gasteiger charge is 2.30. The monoisotopic (exact) mass is 1300 g/mol. The van der Waals surface area contributed by atoms with Crippen molar-refractivity contribution in [3.63, 3.8) is 0 Å². The summed E-state index contributed by atoms with van der Waals surface area (Å²) in [5.41, 5.74) is 0. The van der Waals surface area contributed by atoms with Crippen LogP contribution in [0.3, 0.4) is 0 Å². The van der Waals surface area contributed by atoms with Gasteiger partial charge in [0, 0.05) is 25.7 Å². The summed E-state index contributed by atoms with van der Waals surface area (Å²) >= 11 is 0. The molecule has 19 heteroatoms. The Morgan fingerprint density at radius 1 is 0.307 bits per heavy atom. The van der Waals surface area contributed by atoms with Crippen LogP contribution < -0.4 is 0 Å². The number of carbonyl (C=O) groups excluding carboxylic acids is 4. The zero-order valence-corrected chi connectivity index (χ0v) is 58.8. The van der Waals surface area contributed by atoms with Crippen LogP contribution in [0.1, 0.15) is 350 Å². The molecular formula is C69H134O17P2. The number of hydrogen-bond acceptors (Lipinski definition) is 15. The minimum absolute atomic E-state index is 0.102. The topological polar surface area (TPSA) is 237 Å². The first kappa shape index (κ1) is 86.1. The highest BCUT2D eigenvalue weighted by molar-refractivity contribution is 7.47. The van der Waals surface area contributed by atoms with Crippen molar-refractivity contribution in [3.8, 4) is 0 Å². The van der Waals surface area contributed by atoms with E-state index in [0.29, 0.717) is 31.6 Å². The van der Waals surface area contributed by atoms with Crippen molar-refractivity contribution in [3.05, 3.63) is 0 Å². The van der Waals surface area contributed by atoms with Crippen LogP contribution in [-0.2, 0) is 65.4 Å². The van der Waals surface area contributed by atoms with E-state index >= 15 is 0 Å². The molecular weight excluding hydrogens is 1160 g/mol. The summed E-state index contributed by atoms with van der Waals surface area (Å²) in [7, 11) is -9.89. The van der Waals surface area contributed by atoms with Gasteiger partial charge in [0.15, 0.2) is 12.2 Å². The SMILES string of the molecule is CCCCCCCCCCCCCCCCCCCC(=O)O[C@H](COC(=O)CCCCCCCCCCCCC(C)C)COP(=O)(O)OC[C@@H](O)COP(=O)(O)OC[C@@H](COC(=O)CCCCCCCCCCC)OC(=O)CCCCCCCCC(C)C. The molecule has 0 saturated carbocycles. The molecule has 0 aliphatic heterocycles. The van der Waals surface area contributed by atoms with Crippen molar-refractivity contribution >= 4 is 39.5 Å². The van der Waals surface area contributed by atoms with Crippen LogP contribution in [0.5, 0.6) is 0 Å². The molecule has 0 bridgehead atoms. The number of hydrogen-bond donors (Lipinski definition) is 3. The third kappa shape index (κ3) is 62.8. The minimum Gasteiger partial charge on any atom is -0.462 e. The molecule has 0 amide bonds. The summed E-state index contributed by atoms with van der Waals surface area (Å²) in [4.78, 5) is 72.4. The van der Waals surface area contributed by atoms with E-state index in [1.807, 2.05) is 0 Å². The van der Waals surface area contributed by atoms with E-state index in [4.69, 9.17) is 37.0 Å². The van der Waals surface area contributed by atoms with Gasteiger partial charge in [0.05, 0.1) is 26.4 Å². The number of ether oxygens (including phenoxy) is 4. The summed E-state index contributed by atoms with van der Waals surface area (Å²) in [5.74, 6) is -0.703. The standard InChI is InChI=1S/C69H134O17P2/c1-7-9-11-13-15-17-18-19-20-21-22-23-24-30-34-41-47-53-68(73)85-64(57-80-67(72)52-46-40-33-29-26-25-28-31-37-43-49-61(3)4)59-83-87(75,76)81-55-63(70)56-82-88(77,78)84-60-65(86-69(74)54-48-42-36-35-38-44-50-62(5)6)58-79-66(71)51-45-39-32-27-16-14-12-10-8-2/h61-65,70H,7-60H2,1-6H3,(H,75,76)(H,77,78)/t63-,64-,65-/m1/s1. The molecule has 0 heterocycles. The van der Waals surface area contributed by atoms with Crippen molar-refractivity contribution in [1.29, 1.82) is 0 Å². The first-order valence-electron chi connectivity index (χ1n) is 36.0. The largest absolute Gasteiger partial charge is 0.472 e. The zero-order chi connectivity index (χ0) is 65.0. The molecule has 0 radical (unpaired) electrons. The molecule has 2 unspecified atom stereocenters. The third-order valence-electron chi connectivity index (χ3n) is 16.0. The molecule has 0 aromatic carbocycles. The van der Waals surface area contributed by atoms with Crippen LogP contribution in [0.2, 0.25) is 0 Å². The Bertz CT molecular complexity index is 1720. The zero-order valence-electron chi connectivity index (χ0n) is 57.0. The van der Waals surface area contributed by atoms with Gasteiger partial charge >= 0.3 is 39.5 Å². The van der Waals surface area contributed by atoms with E-state index in [0.717, 1.165) is 95.8 Å². The Morgan fingerprint density at radius 3 is 0.773 bits per heavy atom. The normalized spacial score (nSPS) is 14.2. The Balaban J connectivity index is 5.21. The molecule has 0 rings (SSSR count). The van der Waals surface area contributed by atoms with Crippen LogP contribution in [0.15, 0.2) is 0 Å². The Hall–Kier alpha value is -1.94. The highest BCUT2D eigenvalue weighted by atomic mass is 31.2. The molecule has 0 aliphatic carbocycles. The lowest BCUT2D eigenvalue weighted by Crippen LogP contribution is -2.30. The summed E-state index contributed by atoms with van der Waals surface area (Å²) in [5, 5.41) is 10.6. The maximum absolute atomic E-state index is 13.0. The lowest BCUT2D eigenvalue weighted by molar-refractivity contribution is -0.161. The van der Waals surface area contributed by atoms with Crippen LogP contribution in [0, 0.1) is 11.8 Å². The van der Waals surface area contributed by atoms with Crippen LogP contribution >= 0.6 is 15.6 Å². The second-order valence-electron chi connectivity index (χ2n) is 25.9. The van der Waals surface area contributed by atoms with Crippen LogP contribution in [0.25, 0.3) is 0 Å². The van der Waals surface area contributed by atoms with Crippen molar-refractivity contribution in [2.24, 2.45) is 11.8 Å². The second-order valence-corrected chi connectivity index (χ2v) is 28.8. The van der Waals surface area contributed by atoms with Gasteiger partial charge in [-0.05, 0) is 37.5 Å². The fraction of sp³-hybridized carbons (Fsp3) is 0.942. The van der Waals surface area contributed by atoms with Crippen molar-refractivity contribution in [2.45, 2.75) is 368 Å². The quantitative estimate of drug-likeness (QED) is 0.0222. The number of phosphoric ester groups is 2. The lowest BCUT2D eigenvalue weighted by Gasteiger charge is -2.21. The maximum Gasteiger partial charge on any atom is 0.472 e. The van der Waals surface area contributed by atoms with Gasteiger partial charge in [0.25, 0.3) is 0 Å². The molecule has 0 aromatic rings. The minimum atomic E-state index is -4.95. The van der Waals surface area contributed by atoms with Crippen LogP contribution in [-0.4, -0.2) is 96.7 Å². The number of unbranched alkanes of at least 4 members (excludes halogenated alkanes) is 38. The first-order valence-corrected chi connectivity index (χ1v) is 39.0. The molecule has 3 N–H and O–H groups in total. The third-order valence-corrected chi connectivity index (χ3v) is 17.9. The van der Waals surface area contributed by atoms with Gasteiger partial charge in [-0.15, -0.1) is 0 Å². The number of aliphatic hydroxyl groups is 1. The van der Waals surface area contributed by atoms with E-state index in [1.165, 1.54) is 167 Å². The Morgan fingerprint density at radius 2 is 0.523 bits per heavy atom. The highest BCUT2D eigenvalue weighted by Crippen LogP contribution is 2.45. The molecule has 5 atom stereocenters. The average Bonchev–Trinajstić information content (AvgIpc) is 3.69. The number of aliphatic hydroxyl groups excluding tert-OH is 1. The summed E-state index contributed by atoms with van der Waals surface area (Å²) in [6, 6.07) is 0. The van der Waals surface area contributed by atoms with E-state index in [-0.39, 0.29) is 25.7 Å². The second kappa shape index (κ2) is 61.3. The number of phosphoric acid groups is 2. The maximum atomic E-state index is 13.0. The predicted molar refractivity (Wildman–Crippen MR) is 354 cm³/mol. The number of carbonyl (C=O) groups is 4. The van der Waals surface area contributed by atoms with Gasteiger partial charge in [-0.25, -0.2) is 9.13 Å². The van der Waals surface area contributed by atoms with E-state index in [1.54, 1.807) is 0 Å². The van der Waals surface area contributed by atoms with Gasteiger partial charge in [-0.1, -0.05) is 298 Å². The smallest absolute Gasteiger partial charge is 0.462 e. The van der Waals surface area contributed by atoms with Gasteiger partial charge in [0.1, 0.15) is 19.3 Å². The summed E-state index contributed by atoms with van der Waals surface area (Å²) in [6.45, 7) is 9.43. The van der Waals surface area contributed by atoms with E-state index in [2.05, 4.69) is 41.5 Å². The predicted octanol–water partition coefficient (Wildman–Crippen LogP) is 19.6. The Kier molecular flexibility index (Phi) is 59.9. The summed E-state index contributed by atoms with van der Waals surface area (Å²) in [6.07, 6.45) is 46.0. The van der Waals surface area contributed by atoms with E-state index in [9.17, 15) is 43.2 Å². The van der Waals surface area contributed by atoms with Crippen molar-refractivity contribution in [1.82, 2.24) is 0 Å². The molecule has 0 aliphatic rings. The van der Waals surface area contributed by atoms with Gasteiger partial charge in [0.2, 0.25) is 0 Å². The number of esters is 4. The average molecular weight is 1300 g/mol. The lowest BCUT2D eigenvalue weighted by atomic mass is 10.0. The fourth-order valence-electron chi connectivity index (χ4n) is 10.4. The van der Waals surface area contributed by atoms with Gasteiger partial charge in [-0.2, -0.15) is 0 Å². The molecule has 522 valence electrons. The molecule has 0 fully saturated rings. The van der Waals surface area contributed by atoms with Crippen LogP contribution in [0.4, 0.5) is 0 Å². The molecule has 17 nitrogen and oxygen atoms in total. The van der Waals surface area contributed by atoms with Crippen molar-refractivity contribution in [2.75, 3.05) is 39.6 Å². The van der Waals surface area contributed by atoms with Crippen molar-refractivity contribution < 1.29 is 80.2 Å². The first-order chi connectivity index (χ1) is 42.4.